The maximum absolute atomic E-state index is 13.0. The van der Waals surface area contributed by atoms with E-state index in [9.17, 15) is 73.5 Å². The first-order valence-electron chi connectivity index (χ1n) is 16.1. The van der Waals surface area contributed by atoms with Crippen LogP contribution in [0.5, 0.6) is 11.5 Å². The SMILES string of the molecule is CC1=C(O)c2c(O)c(N[C@@H](CCC(=O)N[C@@H](CS)C(=O)NCC(=O)O)C(=O)O)c(N[C@@H](CCC(=O)N[C@@H](CS)C(=O)NCC(=O)O)C(=O)O)c(O)c2C(=O)C1=O. The Morgan fingerprint density at radius 2 is 0.964 bits per heavy atom. The number of hydrogen-bond donors (Lipinski definition) is 15. The van der Waals surface area contributed by atoms with Crippen LogP contribution in [-0.2, 0) is 43.2 Å². The number of aromatic hydroxyl groups is 2. The van der Waals surface area contributed by atoms with E-state index in [0.717, 1.165) is 6.92 Å². The van der Waals surface area contributed by atoms with E-state index in [4.69, 9.17) is 10.2 Å². The van der Waals surface area contributed by atoms with Crippen LogP contribution in [-0.4, -0.2) is 144 Å². The highest BCUT2D eigenvalue weighted by Gasteiger charge is 2.40. The molecule has 4 atom stereocenters. The van der Waals surface area contributed by atoms with Crippen LogP contribution in [0.25, 0.3) is 5.76 Å². The van der Waals surface area contributed by atoms with Gasteiger partial charge in [-0.1, -0.05) is 0 Å². The number of fused-ring (bicyclic) bond motifs is 1. The Labute approximate surface area is 326 Å². The highest BCUT2D eigenvalue weighted by Crippen LogP contribution is 2.50. The van der Waals surface area contributed by atoms with Gasteiger partial charge in [-0.3, -0.25) is 38.4 Å². The number of hydrogen-bond acceptors (Lipinski definition) is 17. The number of thiol groups is 2. The normalized spacial score (nSPS) is 14.3. The van der Waals surface area contributed by atoms with E-state index < -0.39 is 167 Å². The zero-order chi connectivity index (χ0) is 42.6. The average molecular weight is 831 g/mol. The van der Waals surface area contributed by atoms with Crippen molar-refractivity contribution in [1.29, 1.82) is 0 Å². The number of benzene rings is 1. The van der Waals surface area contributed by atoms with E-state index in [0.29, 0.717) is 0 Å². The molecule has 1 aromatic carbocycles. The zero-order valence-electron chi connectivity index (χ0n) is 29.1. The molecule has 13 N–H and O–H groups in total. The van der Waals surface area contributed by atoms with Crippen LogP contribution in [0.3, 0.4) is 0 Å². The Morgan fingerprint density at radius 3 is 1.30 bits per heavy atom. The fourth-order valence-corrected chi connectivity index (χ4v) is 5.46. The third-order valence-electron chi connectivity index (χ3n) is 7.86. The van der Waals surface area contributed by atoms with Crippen molar-refractivity contribution in [3.63, 3.8) is 0 Å². The summed E-state index contributed by atoms with van der Waals surface area (Å²) in [4.78, 5) is 121. The molecule has 0 saturated heterocycles. The second-order valence-corrected chi connectivity index (χ2v) is 12.5. The predicted octanol–water partition coefficient (Wildman–Crippen LogP) is -2.33. The van der Waals surface area contributed by atoms with Crippen LogP contribution in [0.15, 0.2) is 5.57 Å². The minimum absolute atomic E-state index is 0.295. The number of carboxylic acids is 4. The number of carboxylic acid groups (broad SMARTS) is 4. The smallest absolute Gasteiger partial charge is 0.326 e. The fourth-order valence-electron chi connectivity index (χ4n) is 4.94. The summed E-state index contributed by atoms with van der Waals surface area (Å²) in [6, 6.07) is -6.50. The van der Waals surface area contributed by atoms with Gasteiger partial charge < -0.3 is 67.6 Å². The number of aliphatic hydroxyl groups is 1. The maximum atomic E-state index is 13.0. The summed E-state index contributed by atoms with van der Waals surface area (Å²) in [7, 11) is 0. The molecule has 1 aliphatic rings. The van der Waals surface area contributed by atoms with Crippen LogP contribution < -0.4 is 31.9 Å². The van der Waals surface area contributed by atoms with Crippen molar-refractivity contribution in [2.24, 2.45) is 0 Å². The standard InChI is InChI=1S/C31H38N6O17S2/c1-10-23(44)19-20(27(48)24(10)45)26(47)22(37-12(31(53)54)3-5-16(39)35-14(9-56)29(50)33-7-18(42)43)21(25(19)46)36-11(30(51)52)2-4-15(38)34-13(8-55)28(49)32-6-17(40)41/h11-14,36-37,44,46-47,55-56H,2-9H2,1H3,(H,32,49)(H,33,50)(H,34,38)(H,35,39)(H,40,41)(H,42,43)(H,51,52)(H,53,54)/t11-,12-,13-,14-/m0/s1. The Kier molecular flexibility index (Phi) is 16.8. The lowest BCUT2D eigenvalue weighted by molar-refractivity contribution is -0.139. The molecule has 23 nitrogen and oxygen atoms in total. The topological polar surface area (TPSA) is 384 Å². The van der Waals surface area contributed by atoms with Crippen molar-refractivity contribution in [3.8, 4) is 11.5 Å². The predicted molar refractivity (Wildman–Crippen MR) is 196 cm³/mol. The molecule has 0 spiro atoms. The molecule has 25 heteroatoms. The average Bonchev–Trinajstić information content (AvgIpc) is 3.13. The van der Waals surface area contributed by atoms with Gasteiger partial charge >= 0.3 is 23.9 Å². The summed E-state index contributed by atoms with van der Waals surface area (Å²) in [6.45, 7) is -0.546. The van der Waals surface area contributed by atoms with Gasteiger partial charge in [-0.2, -0.15) is 25.3 Å². The lowest BCUT2D eigenvalue weighted by Crippen LogP contribution is -2.49. The van der Waals surface area contributed by atoms with Gasteiger partial charge in [0.25, 0.3) is 0 Å². The summed E-state index contributed by atoms with van der Waals surface area (Å²) < 4.78 is 0. The molecule has 0 fully saturated rings. The second kappa shape index (κ2) is 20.4. The molecule has 0 unspecified atom stereocenters. The maximum Gasteiger partial charge on any atom is 0.326 e. The molecular weight excluding hydrogens is 793 g/mol. The largest absolute Gasteiger partial charge is 0.507 e. The zero-order valence-corrected chi connectivity index (χ0v) is 30.9. The third kappa shape index (κ3) is 11.9. The molecule has 0 bridgehead atoms. The number of rotatable bonds is 22. The first kappa shape index (κ1) is 45.9. The molecule has 0 radical (unpaired) electrons. The summed E-state index contributed by atoms with van der Waals surface area (Å²) in [5.74, 6) is -16.7. The number of amides is 4. The van der Waals surface area contributed by atoms with E-state index in [2.05, 4.69) is 46.5 Å². The molecule has 0 saturated carbocycles. The number of aliphatic hydroxyl groups excluding tert-OH is 1. The number of phenols is 2. The first-order valence-corrected chi connectivity index (χ1v) is 17.3. The van der Waals surface area contributed by atoms with Gasteiger partial charge in [-0.15, -0.1) is 0 Å². The molecule has 1 aliphatic carbocycles. The summed E-state index contributed by atoms with van der Waals surface area (Å²) in [5.41, 5.74) is -4.16. The van der Waals surface area contributed by atoms with Gasteiger partial charge in [0.05, 0.1) is 11.1 Å². The number of Topliss-reactive ketones (excluding diaryl/α,β-unsaturated/α-hetero) is 2. The molecule has 0 heterocycles. The van der Waals surface area contributed by atoms with Gasteiger partial charge in [0, 0.05) is 29.9 Å². The minimum Gasteiger partial charge on any atom is -0.507 e. The van der Waals surface area contributed by atoms with E-state index in [-0.39, 0.29) is 11.5 Å². The number of nitrogens with one attached hydrogen (secondary N) is 6. The van der Waals surface area contributed by atoms with Crippen LogP contribution >= 0.6 is 25.3 Å². The van der Waals surface area contributed by atoms with Gasteiger partial charge in [0.15, 0.2) is 11.5 Å². The Bertz CT molecular complexity index is 1850. The highest BCUT2D eigenvalue weighted by atomic mass is 32.1. The second-order valence-electron chi connectivity index (χ2n) is 11.8. The fraction of sp³-hybridized carbons (Fsp3) is 0.419. The van der Waals surface area contributed by atoms with Crippen LogP contribution in [0.4, 0.5) is 11.4 Å². The first-order chi connectivity index (χ1) is 26.2. The van der Waals surface area contributed by atoms with Crippen LogP contribution in [0.2, 0.25) is 0 Å². The number of carbonyl (C=O) groups excluding carboxylic acids is 6. The van der Waals surface area contributed by atoms with Crippen LogP contribution in [0, 0.1) is 0 Å². The van der Waals surface area contributed by atoms with E-state index >= 15 is 0 Å². The van der Waals surface area contributed by atoms with Gasteiger partial charge in [0.2, 0.25) is 35.2 Å². The summed E-state index contributed by atoms with van der Waals surface area (Å²) in [6.07, 6.45) is -2.65. The highest BCUT2D eigenvalue weighted by molar-refractivity contribution is 7.80. The Morgan fingerprint density at radius 1 is 0.589 bits per heavy atom. The molecule has 0 aliphatic heterocycles. The van der Waals surface area contributed by atoms with Crippen molar-refractivity contribution in [3.05, 3.63) is 16.7 Å². The number of allylic oxidation sites excluding steroid dienone is 1. The van der Waals surface area contributed by atoms with Crippen LogP contribution in [0.1, 0.15) is 48.5 Å². The van der Waals surface area contributed by atoms with E-state index in [1.54, 1.807) is 0 Å². The van der Waals surface area contributed by atoms with E-state index in [1.165, 1.54) is 0 Å². The Balaban J connectivity index is 2.49. The number of anilines is 2. The summed E-state index contributed by atoms with van der Waals surface area (Å²) in [5, 5.41) is 84.0. The molecule has 1 aromatic rings. The van der Waals surface area contributed by atoms with Crippen molar-refractivity contribution < 1.29 is 83.7 Å². The third-order valence-corrected chi connectivity index (χ3v) is 8.59. The Hall–Kier alpha value is -6.24. The lowest BCUT2D eigenvalue weighted by atomic mass is 9.86. The number of phenolic OH excluding ortho intramolecular Hbond substituents is 2. The monoisotopic (exact) mass is 830 g/mol. The number of carbonyl (C=O) groups is 10. The summed E-state index contributed by atoms with van der Waals surface area (Å²) >= 11 is 7.86. The molecular formula is C31H38N6O17S2. The molecule has 4 amide bonds. The van der Waals surface area contributed by atoms with Crippen molar-refractivity contribution in [2.45, 2.75) is 56.8 Å². The number of ketones is 2. The van der Waals surface area contributed by atoms with Crippen molar-refractivity contribution in [2.75, 3.05) is 35.2 Å². The molecule has 56 heavy (non-hydrogen) atoms. The number of aliphatic carboxylic acids is 4. The molecule has 306 valence electrons. The minimum atomic E-state index is -1.92. The van der Waals surface area contributed by atoms with E-state index in [1.807, 2.05) is 10.6 Å². The molecule has 0 aromatic heterocycles. The molecule has 2 rings (SSSR count). The van der Waals surface area contributed by atoms with Gasteiger partial charge in [-0.25, -0.2) is 9.59 Å². The van der Waals surface area contributed by atoms with Gasteiger partial charge in [-0.05, 0) is 19.8 Å². The van der Waals surface area contributed by atoms with Gasteiger partial charge in [0.1, 0.15) is 54.4 Å². The van der Waals surface area contributed by atoms with Crippen molar-refractivity contribution >= 4 is 101 Å². The quantitative estimate of drug-likeness (QED) is 0.0252. The lowest BCUT2D eigenvalue weighted by Gasteiger charge is -2.27. The van der Waals surface area contributed by atoms with Crippen molar-refractivity contribution in [1.82, 2.24) is 21.3 Å².